The third kappa shape index (κ3) is 5.46. The first kappa shape index (κ1) is 20.2. The highest BCUT2D eigenvalue weighted by Gasteiger charge is 2.30. The van der Waals surface area contributed by atoms with E-state index >= 15 is 0 Å². The maximum absolute atomic E-state index is 12.7. The van der Waals surface area contributed by atoms with Crippen molar-refractivity contribution in [3.05, 3.63) is 75.8 Å². The quantitative estimate of drug-likeness (QED) is 0.572. The summed E-state index contributed by atoms with van der Waals surface area (Å²) in [6.07, 6.45) is -2.26. The zero-order valence-corrected chi connectivity index (χ0v) is 15.9. The van der Waals surface area contributed by atoms with Crippen molar-refractivity contribution in [2.75, 3.05) is 11.9 Å². The second-order valence-electron chi connectivity index (χ2n) is 5.76. The number of amides is 1. The second kappa shape index (κ2) is 8.62. The van der Waals surface area contributed by atoms with Crippen molar-refractivity contribution in [1.29, 1.82) is 0 Å². The van der Waals surface area contributed by atoms with Crippen molar-refractivity contribution in [2.45, 2.75) is 12.6 Å². The molecule has 3 aromatic rings. The molecule has 0 saturated carbocycles. The number of carbonyl (C=O) groups excluding carboxylic acids is 1. The number of ether oxygens (including phenoxy) is 1. The maximum atomic E-state index is 12.7. The number of thiazole rings is 1. The lowest BCUT2D eigenvalue weighted by Gasteiger charge is -2.09. The molecule has 1 heterocycles. The van der Waals surface area contributed by atoms with Gasteiger partial charge in [0.05, 0.1) is 5.56 Å². The highest BCUT2D eigenvalue weighted by Crippen LogP contribution is 2.31. The Morgan fingerprint density at radius 2 is 1.96 bits per heavy atom. The molecule has 1 amide bonds. The topological polar surface area (TPSA) is 51.2 Å². The van der Waals surface area contributed by atoms with Gasteiger partial charge >= 0.3 is 6.18 Å². The Morgan fingerprint density at radius 1 is 1.18 bits per heavy atom. The molecule has 28 heavy (non-hydrogen) atoms. The van der Waals surface area contributed by atoms with Crippen molar-refractivity contribution in [3.63, 3.8) is 0 Å². The number of aromatic nitrogens is 1. The summed E-state index contributed by atoms with van der Waals surface area (Å²) in [5.41, 5.74) is 0.105. The maximum Gasteiger partial charge on any atom is 0.416 e. The minimum atomic E-state index is -4.47. The van der Waals surface area contributed by atoms with E-state index in [0.29, 0.717) is 16.6 Å². The van der Waals surface area contributed by atoms with E-state index in [9.17, 15) is 18.0 Å². The first-order valence-electron chi connectivity index (χ1n) is 8.09. The molecule has 0 unspecified atom stereocenters. The number of anilines is 1. The van der Waals surface area contributed by atoms with Crippen molar-refractivity contribution < 1.29 is 22.7 Å². The molecule has 9 heteroatoms. The van der Waals surface area contributed by atoms with Crippen LogP contribution in [0.15, 0.2) is 54.7 Å². The average molecular weight is 427 g/mol. The Morgan fingerprint density at radius 3 is 2.71 bits per heavy atom. The molecule has 0 spiro atoms. The molecular weight excluding hydrogens is 413 g/mol. The van der Waals surface area contributed by atoms with Crippen molar-refractivity contribution >= 4 is 34.0 Å². The van der Waals surface area contributed by atoms with Crippen LogP contribution in [0.25, 0.3) is 0 Å². The smallest absolute Gasteiger partial charge is 0.416 e. The molecule has 0 radical (unpaired) electrons. The lowest BCUT2D eigenvalue weighted by atomic mass is 10.1. The van der Waals surface area contributed by atoms with Crippen molar-refractivity contribution in [3.8, 4) is 5.75 Å². The molecule has 4 nitrogen and oxygen atoms in total. The van der Waals surface area contributed by atoms with Gasteiger partial charge in [-0.25, -0.2) is 4.98 Å². The highest BCUT2D eigenvalue weighted by molar-refractivity contribution is 7.15. The van der Waals surface area contributed by atoms with Crippen LogP contribution in [0.3, 0.4) is 0 Å². The molecule has 1 aromatic heterocycles. The number of nitrogens with zero attached hydrogens (tertiary/aromatic N) is 1. The molecular formula is C19H14ClF3N2O2S. The van der Waals surface area contributed by atoms with E-state index < -0.39 is 24.3 Å². The van der Waals surface area contributed by atoms with Gasteiger partial charge in [-0.05, 0) is 29.8 Å². The molecule has 0 aliphatic carbocycles. The van der Waals surface area contributed by atoms with Gasteiger partial charge in [0, 0.05) is 22.5 Å². The second-order valence-corrected chi connectivity index (χ2v) is 7.28. The summed E-state index contributed by atoms with van der Waals surface area (Å²) in [7, 11) is 0. The van der Waals surface area contributed by atoms with Crippen LogP contribution in [-0.4, -0.2) is 17.5 Å². The van der Waals surface area contributed by atoms with Gasteiger partial charge in [-0.15, -0.1) is 11.3 Å². The lowest BCUT2D eigenvalue weighted by Crippen LogP contribution is -2.20. The number of benzene rings is 2. The fraction of sp³-hybridized carbons (Fsp3) is 0.158. The van der Waals surface area contributed by atoms with E-state index in [2.05, 4.69) is 10.3 Å². The Labute approximate surface area is 167 Å². The van der Waals surface area contributed by atoms with Gasteiger partial charge in [-0.1, -0.05) is 35.9 Å². The number of hydrogen-bond donors (Lipinski definition) is 1. The number of halogens is 4. The highest BCUT2D eigenvalue weighted by atomic mass is 35.5. The standard InChI is InChI=1S/C19H14ClF3N2O2S/c20-16-7-2-1-4-12(16)8-15-10-24-18(28-15)25-17(26)11-27-14-6-3-5-13(9-14)19(21,22)23/h1-7,9-10H,8,11H2,(H,24,25,26). The predicted molar refractivity (Wildman–Crippen MR) is 102 cm³/mol. The first-order valence-corrected chi connectivity index (χ1v) is 9.29. The van der Waals surface area contributed by atoms with E-state index in [4.69, 9.17) is 16.3 Å². The SMILES string of the molecule is O=C(COc1cccc(C(F)(F)F)c1)Nc1ncc(Cc2ccccc2Cl)s1. The average Bonchev–Trinajstić information content (AvgIpc) is 3.08. The van der Waals surface area contributed by atoms with Gasteiger partial charge in [0.25, 0.3) is 5.91 Å². The fourth-order valence-corrected chi connectivity index (χ4v) is 3.40. The molecule has 146 valence electrons. The predicted octanol–water partition coefficient (Wildman–Crippen LogP) is 5.42. The third-order valence-corrected chi connectivity index (χ3v) is 4.94. The molecule has 0 bridgehead atoms. The molecule has 0 atom stereocenters. The Balaban J connectivity index is 1.55. The van der Waals surface area contributed by atoms with Crippen LogP contribution in [0, 0.1) is 0 Å². The van der Waals surface area contributed by atoms with E-state index in [1.807, 2.05) is 18.2 Å². The number of rotatable bonds is 6. The summed E-state index contributed by atoms with van der Waals surface area (Å²) >= 11 is 7.42. The lowest BCUT2D eigenvalue weighted by molar-refractivity contribution is -0.137. The normalized spacial score (nSPS) is 11.3. The van der Waals surface area contributed by atoms with E-state index in [1.54, 1.807) is 12.3 Å². The summed E-state index contributed by atoms with van der Waals surface area (Å²) in [6.45, 7) is -0.430. The number of alkyl halides is 3. The summed E-state index contributed by atoms with van der Waals surface area (Å²) in [5.74, 6) is -0.556. The zero-order valence-electron chi connectivity index (χ0n) is 14.3. The molecule has 3 rings (SSSR count). The van der Waals surface area contributed by atoms with Gasteiger partial charge in [0.15, 0.2) is 11.7 Å². The molecule has 0 saturated heterocycles. The summed E-state index contributed by atoms with van der Waals surface area (Å²) in [4.78, 5) is 17.0. The Kier molecular flexibility index (Phi) is 6.21. The number of nitrogens with one attached hydrogen (secondary N) is 1. The van der Waals surface area contributed by atoms with Crippen LogP contribution in [0.1, 0.15) is 16.0 Å². The summed E-state index contributed by atoms with van der Waals surface area (Å²) < 4.78 is 43.2. The molecule has 2 aromatic carbocycles. The summed E-state index contributed by atoms with van der Waals surface area (Å²) in [5, 5.41) is 3.59. The van der Waals surface area contributed by atoms with Crippen LogP contribution in [0.2, 0.25) is 5.02 Å². The molecule has 1 N–H and O–H groups in total. The Hall–Kier alpha value is -2.58. The minimum Gasteiger partial charge on any atom is -0.484 e. The third-order valence-electron chi connectivity index (χ3n) is 3.65. The van der Waals surface area contributed by atoms with Crippen molar-refractivity contribution in [1.82, 2.24) is 4.98 Å². The van der Waals surface area contributed by atoms with Gasteiger partial charge in [0.2, 0.25) is 0 Å². The van der Waals surface area contributed by atoms with Crippen LogP contribution in [-0.2, 0) is 17.4 Å². The fourth-order valence-electron chi connectivity index (χ4n) is 2.34. The molecule has 0 aliphatic rings. The van der Waals surface area contributed by atoms with Gasteiger partial charge in [-0.3, -0.25) is 10.1 Å². The molecule has 0 aliphatic heterocycles. The Bertz CT molecular complexity index is 976. The van der Waals surface area contributed by atoms with Gasteiger partial charge in [0.1, 0.15) is 5.75 Å². The van der Waals surface area contributed by atoms with E-state index in [1.165, 1.54) is 23.5 Å². The number of carbonyl (C=O) groups is 1. The monoisotopic (exact) mass is 426 g/mol. The zero-order chi connectivity index (χ0) is 20.1. The first-order chi connectivity index (χ1) is 13.3. The number of hydrogen-bond acceptors (Lipinski definition) is 4. The summed E-state index contributed by atoms with van der Waals surface area (Å²) in [6, 6.07) is 11.8. The van der Waals surface area contributed by atoms with Crippen LogP contribution >= 0.6 is 22.9 Å². The minimum absolute atomic E-state index is 0.0384. The van der Waals surface area contributed by atoms with Crippen LogP contribution < -0.4 is 10.1 Å². The molecule has 0 fully saturated rings. The van der Waals surface area contributed by atoms with Crippen LogP contribution in [0.5, 0.6) is 5.75 Å². The van der Waals surface area contributed by atoms with E-state index in [-0.39, 0.29) is 5.75 Å². The van der Waals surface area contributed by atoms with Gasteiger partial charge in [-0.2, -0.15) is 13.2 Å². The van der Waals surface area contributed by atoms with Crippen LogP contribution in [0.4, 0.5) is 18.3 Å². The van der Waals surface area contributed by atoms with E-state index in [0.717, 1.165) is 22.6 Å². The largest absolute Gasteiger partial charge is 0.484 e. The van der Waals surface area contributed by atoms with Crippen molar-refractivity contribution in [2.24, 2.45) is 0 Å². The van der Waals surface area contributed by atoms with Gasteiger partial charge < -0.3 is 4.74 Å².